The molecule has 0 spiro atoms. The summed E-state index contributed by atoms with van der Waals surface area (Å²) in [4.78, 5) is 3.66. The molecule has 4 nitrogen and oxygen atoms in total. The molecule has 1 aromatic heterocycles. The number of likely N-dealkylation sites (tertiary alicyclic amines) is 1. The van der Waals surface area contributed by atoms with Crippen LogP contribution in [0.2, 0.25) is 0 Å². The van der Waals surface area contributed by atoms with Crippen LogP contribution in [0.15, 0.2) is 53.6 Å². The second-order valence-electron chi connectivity index (χ2n) is 9.21. The minimum Gasteiger partial charge on any atom is -0.372 e. The number of allylic oxidation sites excluding steroid dienone is 3. The molecule has 1 N–H and O–H groups in total. The smallest absolute Gasteiger partial charge is 0.100 e. The van der Waals surface area contributed by atoms with Gasteiger partial charge in [0.1, 0.15) is 6.17 Å². The van der Waals surface area contributed by atoms with Crippen LogP contribution in [-0.2, 0) is 7.05 Å². The van der Waals surface area contributed by atoms with E-state index in [4.69, 9.17) is 0 Å². The van der Waals surface area contributed by atoms with Crippen LogP contribution < -0.4 is 5.32 Å². The summed E-state index contributed by atoms with van der Waals surface area (Å²) in [6.07, 6.45) is 12.0. The van der Waals surface area contributed by atoms with Crippen LogP contribution in [0.5, 0.6) is 0 Å². The Labute approximate surface area is 211 Å². The highest BCUT2D eigenvalue weighted by atomic mass is 32.2. The molecule has 6 heteroatoms. The van der Waals surface area contributed by atoms with Gasteiger partial charge >= 0.3 is 0 Å². The van der Waals surface area contributed by atoms with Crippen LogP contribution in [0.4, 0.5) is 4.39 Å². The van der Waals surface area contributed by atoms with Gasteiger partial charge in [0, 0.05) is 61.8 Å². The van der Waals surface area contributed by atoms with Crippen molar-refractivity contribution in [2.24, 2.45) is 13.0 Å². The van der Waals surface area contributed by atoms with Crippen LogP contribution >= 0.6 is 11.9 Å². The Kier molecular flexibility index (Phi) is 12.2. The van der Waals surface area contributed by atoms with Gasteiger partial charge in [-0.25, -0.2) is 8.70 Å². The zero-order valence-corrected chi connectivity index (χ0v) is 22.8. The second-order valence-corrected chi connectivity index (χ2v) is 10.3. The maximum absolute atomic E-state index is 13.3. The molecule has 0 bridgehead atoms. The van der Waals surface area contributed by atoms with Crippen molar-refractivity contribution in [2.75, 3.05) is 39.8 Å². The molecule has 1 atom stereocenters. The third kappa shape index (κ3) is 8.17. The van der Waals surface area contributed by atoms with Crippen LogP contribution in [0.1, 0.15) is 50.9 Å². The standard InChI is InChI=1S/C15H23FN2S.C13H22N2/c1-5-14-10-15(12(3)17(14)4)19-18-8-6-13(7-9-18)11(2)16;1-4-5-8-13(11-14-3)12(2)15-9-6-7-10-15/h5,10-11,13H,1,6-9H2,2-4H3;4-5,8,14H,2,6-7,9-11H2,1,3H3/b;5-4-,13-8-. The summed E-state index contributed by atoms with van der Waals surface area (Å²) in [6, 6.07) is 2.18. The first-order valence-corrected chi connectivity index (χ1v) is 13.4. The number of aromatic nitrogens is 1. The van der Waals surface area contributed by atoms with Gasteiger partial charge in [0.25, 0.3) is 0 Å². The highest BCUT2D eigenvalue weighted by molar-refractivity contribution is 7.97. The fourth-order valence-corrected chi connectivity index (χ4v) is 5.51. The van der Waals surface area contributed by atoms with Gasteiger partial charge in [-0.05, 0) is 89.1 Å². The Hall–Kier alpha value is -1.76. The van der Waals surface area contributed by atoms with Crippen LogP contribution in [0.3, 0.4) is 0 Å². The predicted molar refractivity (Wildman–Crippen MR) is 148 cm³/mol. The number of likely N-dealkylation sites (N-methyl/N-ethyl adjacent to an activating group) is 1. The summed E-state index contributed by atoms with van der Waals surface area (Å²) < 4.78 is 17.8. The van der Waals surface area contributed by atoms with E-state index in [1.54, 1.807) is 18.9 Å². The fourth-order valence-electron chi connectivity index (χ4n) is 4.40. The number of nitrogens with zero attached hydrogens (tertiary/aromatic N) is 3. The lowest BCUT2D eigenvalue weighted by molar-refractivity contribution is 0.178. The van der Waals surface area contributed by atoms with Crippen molar-refractivity contribution >= 4 is 18.0 Å². The zero-order valence-electron chi connectivity index (χ0n) is 21.9. The fraction of sp³-hybridized carbons (Fsp3) is 0.571. The van der Waals surface area contributed by atoms with E-state index in [2.05, 4.69) is 64.4 Å². The summed E-state index contributed by atoms with van der Waals surface area (Å²) in [5.41, 5.74) is 4.88. The molecule has 34 heavy (non-hydrogen) atoms. The Morgan fingerprint density at radius 3 is 2.41 bits per heavy atom. The molecule has 3 rings (SSSR count). The Balaban J connectivity index is 0.000000248. The van der Waals surface area contributed by atoms with Crippen molar-refractivity contribution in [3.63, 3.8) is 0 Å². The average Bonchev–Trinajstić information content (AvgIpc) is 3.47. The van der Waals surface area contributed by atoms with Gasteiger partial charge in [0.15, 0.2) is 0 Å². The Bertz CT molecular complexity index is 841. The van der Waals surface area contributed by atoms with Crippen molar-refractivity contribution in [3.8, 4) is 0 Å². The summed E-state index contributed by atoms with van der Waals surface area (Å²) in [5.74, 6) is 0.248. The van der Waals surface area contributed by atoms with Crippen LogP contribution in [0, 0.1) is 12.8 Å². The van der Waals surface area contributed by atoms with Crippen molar-refractivity contribution in [2.45, 2.75) is 57.5 Å². The summed E-state index contributed by atoms with van der Waals surface area (Å²) in [7, 11) is 4.04. The van der Waals surface area contributed by atoms with Gasteiger partial charge in [-0.3, -0.25) is 0 Å². The van der Waals surface area contributed by atoms with Gasteiger partial charge < -0.3 is 14.8 Å². The second kappa shape index (κ2) is 14.6. The van der Waals surface area contributed by atoms with E-state index < -0.39 is 6.17 Å². The average molecular weight is 489 g/mol. The molecule has 0 saturated carbocycles. The normalized spacial score (nSPS) is 18.8. The summed E-state index contributed by atoms with van der Waals surface area (Å²) in [6.45, 7) is 19.0. The molecule has 0 radical (unpaired) electrons. The van der Waals surface area contributed by atoms with Crippen LogP contribution in [0.25, 0.3) is 6.08 Å². The summed E-state index contributed by atoms with van der Waals surface area (Å²) >= 11 is 1.80. The molecule has 0 aromatic carbocycles. The number of hydrogen-bond acceptors (Lipinski definition) is 4. The van der Waals surface area contributed by atoms with Crippen molar-refractivity contribution in [3.05, 3.63) is 60.1 Å². The van der Waals surface area contributed by atoms with Gasteiger partial charge in [-0.2, -0.15) is 0 Å². The van der Waals surface area contributed by atoms with Gasteiger partial charge in [0.2, 0.25) is 0 Å². The van der Waals surface area contributed by atoms with Crippen LogP contribution in [-0.4, -0.2) is 59.7 Å². The molecule has 3 heterocycles. The lowest BCUT2D eigenvalue weighted by Crippen LogP contribution is -2.31. The summed E-state index contributed by atoms with van der Waals surface area (Å²) in [5, 5.41) is 3.19. The molecule has 2 fully saturated rings. The monoisotopic (exact) mass is 488 g/mol. The molecule has 2 aliphatic rings. The molecular formula is C28H45FN4S. The minimum atomic E-state index is -0.669. The molecule has 2 saturated heterocycles. The highest BCUT2D eigenvalue weighted by Gasteiger charge is 2.25. The Morgan fingerprint density at radius 2 is 1.91 bits per heavy atom. The highest BCUT2D eigenvalue weighted by Crippen LogP contribution is 2.33. The van der Waals surface area contributed by atoms with Gasteiger partial charge in [0.05, 0.1) is 0 Å². The van der Waals surface area contributed by atoms with E-state index in [1.165, 1.54) is 34.7 Å². The predicted octanol–water partition coefficient (Wildman–Crippen LogP) is 6.37. The first-order chi connectivity index (χ1) is 16.3. The number of halogens is 1. The molecule has 1 aromatic rings. The van der Waals surface area contributed by atoms with E-state index in [0.29, 0.717) is 0 Å². The maximum Gasteiger partial charge on any atom is 0.100 e. The Morgan fingerprint density at radius 1 is 1.26 bits per heavy atom. The van der Waals surface area contributed by atoms with E-state index >= 15 is 0 Å². The van der Waals surface area contributed by atoms with Crippen molar-refractivity contribution in [1.82, 2.24) is 19.1 Å². The molecule has 1 unspecified atom stereocenters. The number of piperidine rings is 1. The quantitative estimate of drug-likeness (QED) is 0.322. The largest absolute Gasteiger partial charge is 0.372 e. The van der Waals surface area contributed by atoms with E-state index in [0.717, 1.165) is 51.3 Å². The first kappa shape index (κ1) is 28.5. The van der Waals surface area contributed by atoms with E-state index in [1.807, 2.05) is 26.1 Å². The number of alkyl halides is 1. The molecular weight excluding hydrogens is 443 g/mol. The first-order valence-electron chi connectivity index (χ1n) is 12.6. The van der Waals surface area contributed by atoms with Gasteiger partial charge in [-0.15, -0.1) is 0 Å². The number of rotatable bonds is 9. The number of nitrogens with one attached hydrogen (secondary N) is 1. The molecule has 0 amide bonds. The lowest BCUT2D eigenvalue weighted by Gasteiger charge is -2.31. The lowest BCUT2D eigenvalue weighted by atomic mass is 9.94. The minimum absolute atomic E-state index is 0.248. The van der Waals surface area contributed by atoms with Crippen molar-refractivity contribution in [1.29, 1.82) is 0 Å². The topological polar surface area (TPSA) is 23.4 Å². The molecule has 190 valence electrons. The third-order valence-corrected chi connectivity index (χ3v) is 8.06. The maximum atomic E-state index is 13.3. The van der Waals surface area contributed by atoms with E-state index in [9.17, 15) is 4.39 Å². The molecule has 2 aliphatic heterocycles. The third-order valence-electron chi connectivity index (χ3n) is 6.83. The van der Waals surface area contributed by atoms with Gasteiger partial charge in [-0.1, -0.05) is 31.4 Å². The zero-order chi connectivity index (χ0) is 25.1. The SMILES string of the molecule is C=C(/C(=C\C=C/C)CNC)N1CCCC1.C=Cc1cc(SN2CCC(C(C)F)CC2)c(C)n1C. The van der Waals surface area contributed by atoms with Crippen molar-refractivity contribution < 1.29 is 4.39 Å². The molecule has 0 aliphatic carbocycles. The number of hydrogen-bond donors (Lipinski definition) is 1. The van der Waals surface area contributed by atoms with E-state index in [-0.39, 0.29) is 5.92 Å².